The van der Waals surface area contributed by atoms with Gasteiger partial charge in [-0.05, 0) is 55.5 Å². The summed E-state index contributed by atoms with van der Waals surface area (Å²) in [5, 5.41) is 9.98. The van der Waals surface area contributed by atoms with Crippen LogP contribution in [0.5, 0.6) is 5.75 Å². The molecule has 0 spiro atoms. The van der Waals surface area contributed by atoms with Crippen LogP contribution in [-0.2, 0) is 28.0 Å². The molecular weight excluding hydrogens is 368 g/mol. The molecule has 3 aromatic rings. The molecule has 7 heteroatoms. The first kappa shape index (κ1) is 17.4. The Morgan fingerprint density at radius 3 is 3.14 bits per heavy atom. The van der Waals surface area contributed by atoms with E-state index in [0.717, 1.165) is 61.2 Å². The second-order valence-electron chi connectivity index (χ2n) is 8.49. The van der Waals surface area contributed by atoms with E-state index in [1.165, 1.54) is 11.1 Å². The van der Waals surface area contributed by atoms with E-state index < -0.39 is 0 Å². The minimum Gasteiger partial charge on any atom is -0.484 e. The Balaban J connectivity index is 1.26. The first-order valence-corrected chi connectivity index (χ1v) is 10.4. The Hall–Kier alpha value is -2.51. The highest BCUT2D eigenvalue weighted by Crippen LogP contribution is 2.44. The molecule has 2 aromatic heterocycles. The Bertz CT molecular complexity index is 1070. The highest BCUT2D eigenvalue weighted by Gasteiger charge is 2.48. The van der Waals surface area contributed by atoms with Crippen LogP contribution >= 0.6 is 0 Å². The summed E-state index contributed by atoms with van der Waals surface area (Å²) in [6.07, 6.45) is 8.34. The number of rotatable bonds is 4. The summed E-state index contributed by atoms with van der Waals surface area (Å²) in [7, 11) is 0. The van der Waals surface area contributed by atoms with Gasteiger partial charge in [0.15, 0.2) is 0 Å². The van der Waals surface area contributed by atoms with Crippen LogP contribution in [0.4, 0.5) is 0 Å². The molecule has 2 bridgehead atoms. The van der Waals surface area contributed by atoms with Gasteiger partial charge in [0, 0.05) is 18.0 Å². The predicted octanol–water partition coefficient (Wildman–Crippen LogP) is 3.32. The number of nitrogens with zero attached hydrogens (tertiary/aromatic N) is 4. The van der Waals surface area contributed by atoms with E-state index in [4.69, 9.17) is 14.2 Å². The molecule has 29 heavy (non-hydrogen) atoms. The van der Waals surface area contributed by atoms with Crippen LogP contribution in [0.25, 0.3) is 10.9 Å². The number of aromatic nitrogens is 4. The monoisotopic (exact) mass is 392 g/mol. The molecular formula is C22H24N4O3. The van der Waals surface area contributed by atoms with Gasteiger partial charge in [-0.1, -0.05) is 5.21 Å². The lowest BCUT2D eigenvalue weighted by molar-refractivity contribution is 0.0502. The summed E-state index contributed by atoms with van der Waals surface area (Å²) in [6, 6.07) is 6.10. The normalized spacial score (nSPS) is 26.6. The van der Waals surface area contributed by atoms with E-state index in [1.54, 1.807) is 0 Å². The molecule has 0 radical (unpaired) electrons. The van der Waals surface area contributed by atoms with Crippen molar-refractivity contribution < 1.29 is 14.2 Å². The fourth-order valence-electron chi connectivity index (χ4n) is 4.95. The maximum Gasteiger partial charge on any atom is 0.141 e. The largest absolute Gasteiger partial charge is 0.484 e. The molecule has 3 atom stereocenters. The number of benzene rings is 1. The van der Waals surface area contributed by atoms with E-state index >= 15 is 0 Å². The van der Waals surface area contributed by atoms with Crippen LogP contribution in [0.15, 0.2) is 30.6 Å². The molecule has 4 heterocycles. The third kappa shape index (κ3) is 2.83. The topological polar surface area (TPSA) is 71.3 Å². The zero-order valence-corrected chi connectivity index (χ0v) is 16.5. The van der Waals surface area contributed by atoms with Gasteiger partial charge >= 0.3 is 0 Å². The number of hydrogen-bond acceptors (Lipinski definition) is 6. The number of fused-ring (bicyclic) bond motifs is 5. The van der Waals surface area contributed by atoms with E-state index in [2.05, 4.69) is 21.4 Å². The molecule has 1 aliphatic carbocycles. The van der Waals surface area contributed by atoms with Crippen molar-refractivity contribution in [3.63, 3.8) is 0 Å². The van der Waals surface area contributed by atoms with Gasteiger partial charge in [0.2, 0.25) is 0 Å². The number of pyridine rings is 1. The van der Waals surface area contributed by atoms with Gasteiger partial charge in [0.05, 0.1) is 43.2 Å². The molecule has 1 aromatic carbocycles. The molecule has 3 aliphatic rings. The zero-order chi connectivity index (χ0) is 19.4. The molecule has 0 N–H and O–H groups in total. The molecule has 7 nitrogen and oxygen atoms in total. The fourth-order valence-corrected chi connectivity index (χ4v) is 4.95. The molecule has 1 saturated heterocycles. The first-order chi connectivity index (χ1) is 14.2. The van der Waals surface area contributed by atoms with Crippen molar-refractivity contribution >= 4 is 10.9 Å². The molecule has 1 saturated carbocycles. The summed E-state index contributed by atoms with van der Waals surface area (Å²) < 4.78 is 19.6. The summed E-state index contributed by atoms with van der Waals surface area (Å²) in [4.78, 5) is 4.57. The van der Waals surface area contributed by atoms with Crippen molar-refractivity contribution in [3.8, 4) is 5.75 Å². The molecule has 2 fully saturated rings. The van der Waals surface area contributed by atoms with Crippen LogP contribution in [0.2, 0.25) is 0 Å². The Kier molecular flexibility index (Phi) is 3.89. The van der Waals surface area contributed by atoms with Crippen LogP contribution in [-0.4, -0.2) is 39.3 Å². The maximum absolute atomic E-state index is 6.25. The van der Waals surface area contributed by atoms with Gasteiger partial charge in [0.1, 0.15) is 17.5 Å². The van der Waals surface area contributed by atoms with Crippen molar-refractivity contribution in [1.29, 1.82) is 0 Å². The molecule has 2 aliphatic heterocycles. The third-order valence-electron chi connectivity index (χ3n) is 6.65. The summed E-state index contributed by atoms with van der Waals surface area (Å²) in [6.45, 7) is 4.14. The van der Waals surface area contributed by atoms with Gasteiger partial charge in [-0.2, -0.15) is 0 Å². The quantitative estimate of drug-likeness (QED) is 0.678. The smallest absolute Gasteiger partial charge is 0.141 e. The molecule has 150 valence electrons. The van der Waals surface area contributed by atoms with Crippen molar-refractivity contribution in [2.24, 2.45) is 0 Å². The molecule has 2 unspecified atom stereocenters. The van der Waals surface area contributed by atoms with Crippen molar-refractivity contribution in [2.45, 2.75) is 57.0 Å². The minimum atomic E-state index is -0.187. The Labute approximate surface area is 169 Å². The lowest BCUT2D eigenvalue weighted by Crippen LogP contribution is -2.33. The van der Waals surface area contributed by atoms with Crippen molar-refractivity contribution in [2.75, 3.05) is 13.2 Å². The molecule has 0 amide bonds. The standard InChI is InChI=1S/C22H24N4O3/c1-14(21-11-26(25-24-21)22-6-4-17(9-22)28-13-22)29-16-2-3-20-19(8-16)18-5-7-27-12-15(18)10-23-20/h2-3,8,10-11,14,17H,4-7,9,12-13H2,1H3/t14-,17?,22?/m1/s1. The van der Waals surface area contributed by atoms with Crippen LogP contribution in [0, 0.1) is 0 Å². The lowest BCUT2D eigenvalue weighted by atomic mass is 9.99. The third-order valence-corrected chi connectivity index (χ3v) is 6.65. The van der Waals surface area contributed by atoms with Crippen LogP contribution < -0.4 is 4.74 Å². The fraction of sp³-hybridized carbons (Fsp3) is 0.500. The average molecular weight is 392 g/mol. The van der Waals surface area contributed by atoms with Crippen LogP contribution in [0.3, 0.4) is 0 Å². The van der Waals surface area contributed by atoms with Gasteiger partial charge in [0.25, 0.3) is 0 Å². The average Bonchev–Trinajstić information content (AvgIpc) is 3.50. The second-order valence-corrected chi connectivity index (χ2v) is 8.49. The number of ether oxygens (including phenoxy) is 3. The summed E-state index contributed by atoms with van der Waals surface area (Å²) >= 11 is 0. The maximum atomic E-state index is 6.25. The zero-order valence-electron chi connectivity index (χ0n) is 16.5. The minimum absolute atomic E-state index is 0.00854. The van der Waals surface area contributed by atoms with Crippen molar-refractivity contribution in [3.05, 3.63) is 47.4 Å². The highest BCUT2D eigenvalue weighted by molar-refractivity contribution is 5.84. The summed E-state index contributed by atoms with van der Waals surface area (Å²) in [5.74, 6) is 0.824. The second kappa shape index (κ2) is 6.50. The molecule has 6 rings (SSSR count). The van der Waals surface area contributed by atoms with Crippen molar-refractivity contribution in [1.82, 2.24) is 20.0 Å². The highest BCUT2D eigenvalue weighted by atomic mass is 16.5. The summed E-state index contributed by atoms with van der Waals surface area (Å²) in [5.41, 5.74) is 4.32. The van der Waals surface area contributed by atoms with E-state index in [1.807, 2.05) is 36.1 Å². The predicted molar refractivity (Wildman–Crippen MR) is 106 cm³/mol. The Morgan fingerprint density at radius 2 is 2.31 bits per heavy atom. The first-order valence-electron chi connectivity index (χ1n) is 10.4. The SMILES string of the molecule is C[C@@H](Oc1ccc2ncc3c(c2c1)CCOC3)c1cn(C23CCC(C2)OC3)nn1. The number of hydrogen-bond donors (Lipinski definition) is 0. The van der Waals surface area contributed by atoms with Gasteiger partial charge < -0.3 is 14.2 Å². The van der Waals surface area contributed by atoms with Gasteiger partial charge in [-0.25, -0.2) is 4.68 Å². The van der Waals surface area contributed by atoms with Gasteiger partial charge in [-0.3, -0.25) is 4.98 Å². The van der Waals surface area contributed by atoms with Gasteiger partial charge in [-0.15, -0.1) is 5.10 Å². The van der Waals surface area contributed by atoms with E-state index in [9.17, 15) is 0 Å². The van der Waals surface area contributed by atoms with Crippen LogP contribution in [0.1, 0.15) is 49.1 Å². The Morgan fingerprint density at radius 1 is 1.34 bits per heavy atom. The lowest BCUT2D eigenvalue weighted by Gasteiger charge is -2.25. The van der Waals surface area contributed by atoms with E-state index in [-0.39, 0.29) is 11.6 Å². The van der Waals surface area contributed by atoms with E-state index in [0.29, 0.717) is 12.7 Å².